The number of phenolic OH excluding ortho intramolecular Hbond substituents is 1. The monoisotopic (exact) mass is 279 g/mol. The molecule has 104 valence electrons. The molecule has 0 saturated carbocycles. The Labute approximate surface area is 119 Å². The summed E-state index contributed by atoms with van der Waals surface area (Å²) in [5.74, 6) is 1.18. The Morgan fingerprint density at radius 1 is 1.37 bits per heavy atom. The van der Waals surface area contributed by atoms with Gasteiger partial charge in [0.05, 0.1) is 0 Å². The third-order valence-electron chi connectivity index (χ3n) is 3.58. The van der Waals surface area contributed by atoms with Crippen LogP contribution in [0.1, 0.15) is 36.2 Å². The Morgan fingerprint density at radius 3 is 2.79 bits per heavy atom. The predicted molar refractivity (Wildman–Crippen MR) is 79.9 cm³/mol. The maximum atomic E-state index is 12.4. The van der Waals surface area contributed by atoms with Gasteiger partial charge in [-0.1, -0.05) is 19.9 Å². The minimum atomic E-state index is 0.0219. The zero-order valence-electron chi connectivity index (χ0n) is 11.8. The molecule has 19 heavy (non-hydrogen) atoms. The number of hydrogen-bond acceptors (Lipinski definition) is 3. The molecule has 1 aliphatic rings. The number of carbonyl (C=O) groups is 1. The van der Waals surface area contributed by atoms with E-state index >= 15 is 0 Å². The minimum absolute atomic E-state index is 0.0219. The number of amides is 1. The predicted octanol–water partition coefficient (Wildman–Crippen LogP) is 3.06. The van der Waals surface area contributed by atoms with E-state index in [1.54, 1.807) is 18.2 Å². The van der Waals surface area contributed by atoms with Crippen LogP contribution in [-0.4, -0.2) is 39.5 Å². The first-order valence-corrected chi connectivity index (χ1v) is 7.60. The fourth-order valence-corrected chi connectivity index (χ4v) is 3.25. The van der Waals surface area contributed by atoms with Crippen molar-refractivity contribution < 1.29 is 9.90 Å². The summed E-state index contributed by atoms with van der Waals surface area (Å²) in [5.41, 5.74) is 1.37. The van der Waals surface area contributed by atoms with E-state index in [1.165, 1.54) is 0 Å². The molecule has 1 aromatic carbocycles. The molecule has 0 aliphatic carbocycles. The van der Waals surface area contributed by atoms with Gasteiger partial charge in [-0.2, -0.15) is 11.8 Å². The van der Waals surface area contributed by atoms with Crippen LogP contribution in [0.2, 0.25) is 0 Å². The summed E-state index contributed by atoms with van der Waals surface area (Å²) in [6.45, 7) is 7.84. The largest absolute Gasteiger partial charge is 0.508 e. The Balaban J connectivity index is 2.13. The standard InChI is InChI=1S/C15H21NO2S/c1-11-4-5-12(10-13(11)17)14(18)16-7-6-15(2,3)19-9-8-16/h4-5,10,17H,6-9H2,1-3H3. The molecule has 3 nitrogen and oxygen atoms in total. The van der Waals surface area contributed by atoms with E-state index in [2.05, 4.69) is 13.8 Å². The van der Waals surface area contributed by atoms with Crippen LogP contribution in [0.3, 0.4) is 0 Å². The van der Waals surface area contributed by atoms with Gasteiger partial charge in [-0.25, -0.2) is 0 Å². The molecule has 0 unspecified atom stereocenters. The highest BCUT2D eigenvalue weighted by atomic mass is 32.2. The van der Waals surface area contributed by atoms with Crippen molar-refractivity contribution in [1.29, 1.82) is 0 Å². The number of nitrogens with zero attached hydrogens (tertiary/aromatic N) is 1. The maximum absolute atomic E-state index is 12.4. The fraction of sp³-hybridized carbons (Fsp3) is 0.533. The van der Waals surface area contributed by atoms with E-state index in [-0.39, 0.29) is 16.4 Å². The van der Waals surface area contributed by atoms with Crippen LogP contribution in [0, 0.1) is 6.92 Å². The van der Waals surface area contributed by atoms with Gasteiger partial charge < -0.3 is 10.0 Å². The van der Waals surface area contributed by atoms with Crippen LogP contribution in [0.25, 0.3) is 0 Å². The summed E-state index contributed by atoms with van der Waals surface area (Å²) in [4.78, 5) is 14.3. The summed E-state index contributed by atoms with van der Waals surface area (Å²) in [6.07, 6.45) is 1.00. The molecule has 0 aromatic heterocycles. The maximum Gasteiger partial charge on any atom is 0.254 e. The second-order valence-electron chi connectivity index (χ2n) is 5.65. The fourth-order valence-electron chi connectivity index (χ4n) is 2.15. The first-order valence-electron chi connectivity index (χ1n) is 6.62. The van der Waals surface area contributed by atoms with Gasteiger partial charge in [0, 0.05) is 29.2 Å². The molecular weight excluding hydrogens is 258 g/mol. The lowest BCUT2D eigenvalue weighted by molar-refractivity contribution is 0.0764. The molecule has 0 atom stereocenters. The zero-order chi connectivity index (χ0) is 14.0. The average Bonchev–Trinajstić information content (AvgIpc) is 2.53. The Morgan fingerprint density at radius 2 is 2.11 bits per heavy atom. The lowest BCUT2D eigenvalue weighted by Gasteiger charge is -2.23. The molecule has 1 heterocycles. The van der Waals surface area contributed by atoms with E-state index in [0.717, 1.165) is 30.8 Å². The normalized spacial score (nSPS) is 19.0. The van der Waals surface area contributed by atoms with Crippen molar-refractivity contribution in [3.63, 3.8) is 0 Å². The van der Waals surface area contributed by atoms with Crippen molar-refractivity contribution in [2.24, 2.45) is 0 Å². The highest BCUT2D eigenvalue weighted by molar-refractivity contribution is 8.00. The smallest absolute Gasteiger partial charge is 0.254 e. The van der Waals surface area contributed by atoms with Gasteiger partial charge in [-0.15, -0.1) is 0 Å². The van der Waals surface area contributed by atoms with Crippen LogP contribution in [-0.2, 0) is 0 Å². The van der Waals surface area contributed by atoms with Gasteiger partial charge in [-0.3, -0.25) is 4.79 Å². The highest BCUT2D eigenvalue weighted by Gasteiger charge is 2.26. The number of carbonyl (C=O) groups excluding carboxylic acids is 1. The first-order chi connectivity index (χ1) is 8.89. The van der Waals surface area contributed by atoms with Crippen molar-refractivity contribution in [2.75, 3.05) is 18.8 Å². The molecule has 1 fully saturated rings. The number of benzene rings is 1. The topological polar surface area (TPSA) is 40.5 Å². The van der Waals surface area contributed by atoms with Crippen molar-refractivity contribution in [1.82, 2.24) is 4.90 Å². The lowest BCUT2D eigenvalue weighted by Crippen LogP contribution is -2.33. The molecule has 0 radical (unpaired) electrons. The first kappa shape index (κ1) is 14.3. The van der Waals surface area contributed by atoms with E-state index in [1.807, 2.05) is 23.6 Å². The number of phenols is 1. The SMILES string of the molecule is Cc1ccc(C(=O)N2CCSC(C)(C)CC2)cc1O. The van der Waals surface area contributed by atoms with Crippen LogP contribution >= 0.6 is 11.8 Å². The van der Waals surface area contributed by atoms with Crippen LogP contribution < -0.4 is 0 Å². The number of thioether (sulfide) groups is 1. The number of aryl methyl sites for hydroxylation is 1. The molecule has 0 bridgehead atoms. The summed E-state index contributed by atoms with van der Waals surface area (Å²) in [6, 6.07) is 5.15. The van der Waals surface area contributed by atoms with E-state index < -0.39 is 0 Å². The number of aromatic hydroxyl groups is 1. The third-order valence-corrected chi connectivity index (χ3v) is 4.95. The number of hydrogen-bond donors (Lipinski definition) is 1. The molecule has 2 rings (SSSR count). The molecule has 1 saturated heterocycles. The highest BCUT2D eigenvalue weighted by Crippen LogP contribution is 2.31. The second-order valence-corrected chi connectivity index (χ2v) is 7.45. The minimum Gasteiger partial charge on any atom is -0.508 e. The summed E-state index contributed by atoms with van der Waals surface area (Å²) < 4.78 is 0.241. The van der Waals surface area contributed by atoms with Crippen molar-refractivity contribution in [2.45, 2.75) is 31.9 Å². The zero-order valence-corrected chi connectivity index (χ0v) is 12.6. The third kappa shape index (κ3) is 3.44. The van der Waals surface area contributed by atoms with Crippen molar-refractivity contribution in [3.05, 3.63) is 29.3 Å². The van der Waals surface area contributed by atoms with Crippen LogP contribution in [0.15, 0.2) is 18.2 Å². The van der Waals surface area contributed by atoms with Gasteiger partial charge in [-0.05, 0) is 31.0 Å². The van der Waals surface area contributed by atoms with Gasteiger partial charge in [0.2, 0.25) is 0 Å². The molecule has 1 amide bonds. The average molecular weight is 279 g/mol. The quantitative estimate of drug-likeness (QED) is 0.859. The molecule has 0 spiro atoms. The van der Waals surface area contributed by atoms with Gasteiger partial charge in [0.25, 0.3) is 5.91 Å². The number of rotatable bonds is 1. The Hall–Kier alpha value is -1.16. The Bertz CT molecular complexity index is 485. The van der Waals surface area contributed by atoms with Crippen molar-refractivity contribution >= 4 is 17.7 Å². The summed E-state index contributed by atoms with van der Waals surface area (Å²) in [5, 5.41) is 9.71. The molecule has 1 N–H and O–H groups in total. The van der Waals surface area contributed by atoms with Crippen LogP contribution in [0.4, 0.5) is 0 Å². The van der Waals surface area contributed by atoms with Gasteiger partial charge >= 0.3 is 0 Å². The molecule has 1 aliphatic heterocycles. The van der Waals surface area contributed by atoms with Gasteiger partial charge in [0.1, 0.15) is 5.75 Å². The summed E-state index contributed by atoms with van der Waals surface area (Å²) >= 11 is 1.92. The van der Waals surface area contributed by atoms with E-state index in [4.69, 9.17) is 0 Å². The van der Waals surface area contributed by atoms with E-state index in [9.17, 15) is 9.90 Å². The molecule has 1 aromatic rings. The van der Waals surface area contributed by atoms with Gasteiger partial charge in [0.15, 0.2) is 0 Å². The Kier molecular flexibility index (Phi) is 4.09. The van der Waals surface area contributed by atoms with Crippen molar-refractivity contribution in [3.8, 4) is 5.75 Å². The van der Waals surface area contributed by atoms with E-state index in [0.29, 0.717) is 5.56 Å². The van der Waals surface area contributed by atoms with Crippen LogP contribution in [0.5, 0.6) is 5.75 Å². The summed E-state index contributed by atoms with van der Waals surface area (Å²) in [7, 11) is 0. The lowest BCUT2D eigenvalue weighted by atomic mass is 10.1. The molecule has 4 heteroatoms. The molecular formula is C15H21NO2S. The second kappa shape index (κ2) is 5.45.